The van der Waals surface area contributed by atoms with Gasteiger partial charge in [0, 0.05) is 17.6 Å². The molecule has 0 saturated heterocycles. The molecule has 1 unspecified atom stereocenters. The van der Waals surface area contributed by atoms with E-state index in [1.807, 2.05) is 45.9 Å². The van der Waals surface area contributed by atoms with Crippen molar-refractivity contribution < 1.29 is 9.53 Å². The SMILES string of the molecule is Cc1ccc(C(C)N)c(OCCC(=O)NC(C)C)c1. The van der Waals surface area contributed by atoms with Crippen molar-refractivity contribution in [3.8, 4) is 5.75 Å². The number of ether oxygens (including phenoxy) is 1. The summed E-state index contributed by atoms with van der Waals surface area (Å²) < 4.78 is 5.69. The molecule has 0 saturated carbocycles. The predicted octanol–water partition coefficient (Wildman–Crippen LogP) is 2.31. The Morgan fingerprint density at radius 2 is 2.05 bits per heavy atom. The summed E-state index contributed by atoms with van der Waals surface area (Å²) in [5.41, 5.74) is 7.99. The van der Waals surface area contributed by atoms with Crippen molar-refractivity contribution in [2.75, 3.05) is 6.61 Å². The molecule has 1 aromatic carbocycles. The van der Waals surface area contributed by atoms with Gasteiger partial charge in [0.2, 0.25) is 5.91 Å². The number of hydrogen-bond donors (Lipinski definition) is 2. The van der Waals surface area contributed by atoms with Crippen LogP contribution in [0.25, 0.3) is 0 Å². The lowest BCUT2D eigenvalue weighted by Crippen LogP contribution is -2.31. The zero-order chi connectivity index (χ0) is 14.4. The first-order valence-electron chi connectivity index (χ1n) is 6.68. The number of carbonyl (C=O) groups excluding carboxylic acids is 1. The van der Waals surface area contributed by atoms with Gasteiger partial charge in [0.25, 0.3) is 0 Å². The van der Waals surface area contributed by atoms with E-state index in [0.29, 0.717) is 13.0 Å². The minimum Gasteiger partial charge on any atom is -0.493 e. The molecule has 0 heterocycles. The van der Waals surface area contributed by atoms with Crippen LogP contribution in [0, 0.1) is 6.92 Å². The third-order valence-corrected chi connectivity index (χ3v) is 2.70. The van der Waals surface area contributed by atoms with Gasteiger partial charge in [-0.25, -0.2) is 0 Å². The molecule has 1 amide bonds. The van der Waals surface area contributed by atoms with Crippen LogP contribution in [-0.4, -0.2) is 18.6 Å². The highest BCUT2D eigenvalue weighted by molar-refractivity contribution is 5.76. The summed E-state index contributed by atoms with van der Waals surface area (Å²) in [5.74, 6) is 0.775. The van der Waals surface area contributed by atoms with Gasteiger partial charge in [-0.15, -0.1) is 0 Å². The highest BCUT2D eigenvalue weighted by Crippen LogP contribution is 2.25. The Bertz CT molecular complexity index is 428. The molecule has 0 radical (unpaired) electrons. The Labute approximate surface area is 115 Å². The summed E-state index contributed by atoms with van der Waals surface area (Å²) in [4.78, 5) is 11.5. The fraction of sp³-hybridized carbons (Fsp3) is 0.533. The zero-order valence-electron chi connectivity index (χ0n) is 12.2. The van der Waals surface area contributed by atoms with Crippen LogP contribution >= 0.6 is 0 Å². The molecule has 1 aromatic rings. The lowest BCUT2D eigenvalue weighted by atomic mass is 10.1. The van der Waals surface area contributed by atoms with Gasteiger partial charge in [0.1, 0.15) is 5.75 Å². The van der Waals surface area contributed by atoms with Crippen LogP contribution in [0.4, 0.5) is 0 Å². The van der Waals surface area contributed by atoms with E-state index in [1.54, 1.807) is 0 Å². The van der Waals surface area contributed by atoms with Crippen LogP contribution in [0.1, 0.15) is 44.4 Å². The lowest BCUT2D eigenvalue weighted by Gasteiger charge is -2.15. The van der Waals surface area contributed by atoms with Crippen LogP contribution in [0.3, 0.4) is 0 Å². The molecule has 1 rings (SSSR count). The van der Waals surface area contributed by atoms with Crippen molar-refractivity contribution in [3.63, 3.8) is 0 Å². The molecule has 0 bridgehead atoms. The predicted molar refractivity (Wildman–Crippen MR) is 77.2 cm³/mol. The van der Waals surface area contributed by atoms with Gasteiger partial charge in [0.15, 0.2) is 0 Å². The summed E-state index contributed by atoms with van der Waals surface area (Å²) >= 11 is 0. The minimum absolute atomic E-state index is 0.00463. The fourth-order valence-corrected chi connectivity index (χ4v) is 1.79. The van der Waals surface area contributed by atoms with Gasteiger partial charge < -0.3 is 15.8 Å². The maximum absolute atomic E-state index is 11.5. The van der Waals surface area contributed by atoms with Gasteiger partial charge in [-0.3, -0.25) is 4.79 Å². The van der Waals surface area contributed by atoms with Gasteiger partial charge >= 0.3 is 0 Å². The molecule has 106 valence electrons. The largest absolute Gasteiger partial charge is 0.493 e. The maximum Gasteiger partial charge on any atom is 0.223 e. The summed E-state index contributed by atoms with van der Waals surface area (Å²) in [6.45, 7) is 8.16. The van der Waals surface area contributed by atoms with E-state index in [9.17, 15) is 4.79 Å². The van der Waals surface area contributed by atoms with E-state index in [-0.39, 0.29) is 18.0 Å². The van der Waals surface area contributed by atoms with Gasteiger partial charge in [-0.05, 0) is 39.3 Å². The van der Waals surface area contributed by atoms with Crippen molar-refractivity contribution in [3.05, 3.63) is 29.3 Å². The molecular formula is C15H24N2O2. The summed E-state index contributed by atoms with van der Waals surface area (Å²) in [5, 5.41) is 2.83. The topological polar surface area (TPSA) is 64.3 Å². The summed E-state index contributed by atoms with van der Waals surface area (Å²) in [6.07, 6.45) is 0.352. The number of nitrogens with one attached hydrogen (secondary N) is 1. The number of nitrogens with two attached hydrogens (primary N) is 1. The smallest absolute Gasteiger partial charge is 0.223 e. The second kappa shape index (κ2) is 7.14. The maximum atomic E-state index is 11.5. The Kier molecular flexibility index (Phi) is 5.83. The van der Waals surface area contributed by atoms with Crippen LogP contribution in [0.5, 0.6) is 5.75 Å². The number of carbonyl (C=O) groups is 1. The Morgan fingerprint density at radius 3 is 2.63 bits per heavy atom. The quantitative estimate of drug-likeness (QED) is 0.828. The van der Waals surface area contributed by atoms with Crippen LogP contribution < -0.4 is 15.8 Å². The Balaban J connectivity index is 2.57. The summed E-state index contributed by atoms with van der Waals surface area (Å²) in [6, 6.07) is 6.02. The van der Waals surface area contributed by atoms with E-state index >= 15 is 0 Å². The first-order valence-corrected chi connectivity index (χ1v) is 6.68. The molecule has 0 aromatic heterocycles. The van der Waals surface area contributed by atoms with Gasteiger partial charge in [-0.2, -0.15) is 0 Å². The molecule has 3 N–H and O–H groups in total. The van der Waals surface area contributed by atoms with Crippen LogP contribution in [0.15, 0.2) is 18.2 Å². The normalized spacial score (nSPS) is 12.3. The van der Waals surface area contributed by atoms with Crippen LogP contribution in [0.2, 0.25) is 0 Å². The van der Waals surface area contributed by atoms with Crippen molar-refractivity contribution >= 4 is 5.91 Å². The van der Waals surface area contributed by atoms with Crippen molar-refractivity contribution in [1.82, 2.24) is 5.32 Å². The van der Waals surface area contributed by atoms with E-state index in [0.717, 1.165) is 16.9 Å². The van der Waals surface area contributed by atoms with E-state index in [1.165, 1.54) is 0 Å². The van der Waals surface area contributed by atoms with Crippen LogP contribution in [-0.2, 0) is 4.79 Å². The molecule has 0 aliphatic heterocycles. The van der Waals surface area contributed by atoms with Gasteiger partial charge in [-0.1, -0.05) is 12.1 Å². The summed E-state index contributed by atoms with van der Waals surface area (Å²) in [7, 11) is 0. The molecule has 4 nitrogen and oxygen atoms in total. The standard InChI is InChI=1S/C15H24N2O2/c1-10(2)17-15(18)7-8-19-14-9-11(3)5-6-13(14)12(4)16/h5-6,9-10,12H,7-8,16H2,1-4H3,(H,17,18). The lowest BCUT2D eigenvalue weighted by molar-refractivity contribution is -0.122. The van der Waals surface area contributed by atoms with Gasteiger partial charge in [0.05, 0.1) is 13.0 Å². The molecule has 1 atom stereocenters. The number of aryl methyl sites for hydroxylation is 1. The number of hydrogen-bond acceptors (Lipinski definition) is 3. The molecular weight excluding hydrogens is 240 g/mol. The molecule has 19 heavy (non-hydrogen) atoms. The highest BCUT2D eigenvalue weighted by Gasteiger charge is 2.09. The van der Waals surface area contributed by atoms with Crippen molar-refractivity contribution in [2.45, 2.75) is 46.2 Å². The van der Waals surface area contributed by atoms with E-state index < -0.39 is 0 Å². The third kappa shape index (κ3) is 5.30. The number of benzene rings is 1. The van der Waals surface area contributed by atoms with Crippen molar-refractivity contribution in [1.29, 1.82) is 0 Å². The Morgan fingerprint density at radius 1 is 1.37 bits per heavy atom. The van der Waals surface area contributed by atoms with E-state index in [4.69, 9.17) is 10.5 Å². The second-order valence-electron chi connectivity index (χ2n) is 5.15. The third-order valence-electron chi connectivity index (χ3n) is 2.70. The monoisotopic (exact) mass is 264 g/mol. The molecule has 0 aliphatic carbocycles. The minimum atomic E-state index is -0.0832. The highest BCUT2D eigenvalue weighted by atomic mass is 16.5. The second-order valence-corrected chi connectivity index (χ2v) is 5.15. The molecule has 0 aliphatic rings. The Hall–Kier alpha value is -1.55. The molecule has 0 spiro atoms. The molecule has 4 heteroatoms. The average molecular weight is 264 g/mol. The first-order chi connectivity index (χ1) is 8.90. The number of amides is 1. The average Bonchev–Trinajstić information content (AvgIpc) is 2.27. The fourth-order valence-electron chi connectivity index (χ4n) is 1.79. The number of rotatable bonds is 6. The van der Waals surface area contributed by atoms with E-state index in [2.05, 4.69) is 5.32 Å². The first kappa shape index (κ1) is 15.5. The van der Waals surface area contributed by atoms with Crippen molar-refractivity contribution in [2.24, 2.45) is 5.73 Å². The molecule has 0 fully saturated rings. The zero-order valence-corrected chi connectivity index (χ0v) is 12.2.